The van der Waals surface area contributed by atoms with Gasteiger partial charge < -0.3 is 14.0 Å². The molecule has 0 unspecified atom stereocenters. The second-order valence-electron chi connectivity index (χ2n) is 21.6. The third-order valence-electron chi connectivity index (χ3n) is 17.1. The first-order valence-corrected chi connectivity index (χ1v) is 29.0. The molecule has 0 radical (unpaired) electrons. The molecule has 0 aliphatic heterocycles. The number of benzene rings is 14. The SMILES string of the molecule is c1ccc(-c2ccc3c(c2)c2cc(-c4ccccc4)ccc2n3-c2ccc3c(c2)c2cc(-c4ccc(N(c5ccccc5)c5cccc6sc7ccccc7c56)cc4)ccc2n3-c2ccc3c4ccccc4c4ccccc4c3c2)cc1. The lowest BCUT2D eigenvalue weighted by molar-refractivity contribution is 1.17. The summed E-state index contributed by atoms with van der Waals surface area (Å²) in [6.07, 6.45) is 0. The monoisotopic (exact) mass is 1060 g/mol. The van der Waals surface area contributed by atoms with Crippen LogP contribution in [-0.2, 0) is 0 Å². The Balaban J connectivity index is 0.869. The Morgan fingerprint density at radius 3 is 1.16 bits per heavy atom. The van der Waals surface area contributed by atoms with Gasteiger partial charge in [0.1, 0.15) is 0 Å². The average molecular weight is 1060 g/mol. The van der Waals surface area contributed by atoms with Crippen molar-refractivity contribution in [2.75, 3.05) is 4.90 Å². The van der Waals surface area contributed by atoms with Gasteiger partial charge in [0.05, 0.1) is 27.8 Å². The van der Waals surface area contributed by atoms with Crippen molar-refractivity contribution in [2.45, 2.75) is 0 Å². The Morgan fingerprint density at radius 1 is 0.232 bits per heavy atom. The van der Waals surface area contributed by atoms with Crippen LogP contribution in [0.3, 0.4) is 0 Å². The molecule has 0 fully saturated rings. The molecule has 3 aromatic heterocycles. The number of para-hydroxylation sites is 1. The number of aromatic nitrogens is 2. The minimum Gasteiger partial charge on any atom is -0.310 e. The maximum atomic E-state index is 2.49. The number of hydrogen-bond donors (Lipinski definition) is 0. The zero-order chi connectivity index (χ0) is 53.8. The molecule has 0 saturated carbocycles. The van der Waals surface area contributed by atoms with Crippen LogP contribution in [0.2, 0.25) is 0 Å². The van der Waals surface area contributed by atoms with E-state index in [0.29, 0.717) is 0 Å². The van der Waals surface area contributed by atoms with Gasteiger partial charge in [-0.1, -0.05) is 188 Å². The quantitative estimate of drug-likeness (QED) is 0.138. The normalized spacial score (nSPS) is 11.9. The first-order valence-electron chi connectivity index (χ1n) is 28.1. The van der Waals surface area contributed by atoms with Crippen LogP contribution in [0.5, 0.6) is 0 Å². The summed E-state index contributed by atoms with van der Waals surface area (Å²) >= 11 is 1.86. The van der Waals surface area contributed by atoms with Crippen molar-refractivity contribution in [1.29, 1.82) is 0 Å². The van der Waals surface area contributed by atoms with E-state index in [2.05, 4.69) is 311 Å². The van der Waals surface area contributed by atoms with Crippen LogP contribution in [0.1, 0.15) is 0 Å². The molecule has 0 bridgehead atoms. The highest BCUT2D eigenvalue weighted by Gasteiger charge is 2.22. The van der Waals surface area contributed by atoms with Gasteiger partial charge in [0.2, 0.25) is 0 Å². The van der Waals surface area contributed by atoms with Crippen LogP contribution in [0.4, 0.5) is 17.1 Å². The predicted molar refractivity (Wildman–Crippen MR) is 352 cm³/mol. The summed E-state index contributed by atoms with van der Waals surface area (Å²) in [5.41, 5.74) is 17.4. The van der Waals surface area contributed by atoms with Crippen molar-refractivity contribution >= 4 is 125 Å². The summed E-state index contributed by atoms with van der Waals surface area (Å²) in [5, 5.41) is 15.0. The van der Waals surface area contributed by atoms with Crippen molar-refractivity contribution in [3.63, 3.8) is 0 Å². The molecule has 3 nitrogen and oxygen atoms in total. The molecular weight excluding hydrogens is 1010 g/mol. The first kappa shape index (κ1) is 46.4. The summed E-state index contributed by atoms with van der Waals surface area (Å²) in [6.45, 7) is 0. The van der Waals surface area contributed by atoms with E-state index < -0.39 is 0 Å². The lowest BCUT2D eigenvalue weighted by Gasteiger charge is -2.26. The summed E-state index contributed by atoms with van der Waals surface area (Å²) in [4.78, 5) is 2.42. The third kappa shape index (κ3) is 7.29. The van der Waals surface area contributed by atoms with Gasteiger partial charge in [-0.2, -0.15) is 0 Å². The van der Waals surface area contributed by atoms with Gasteiger partial charge >= 0.3 is 0 Å². The molecule has 0 atom stereocenters. The molecule has 0 aliphatic carbocycles. The fourth-order valence-electron chi connectivity index (χ4n) is 13.3. The molecule has 382 valence electrons. The molecule has 0 aliphatic rings. The molecule has 0 spiro atoms. The predicted octanol–water partition coefficient (Wildman–Crippen LogP) is 22.2. The minimum atomic E-state index is 1.11. The van der Waals surface area contributed by atoms with Crippen molar-refractivity contribution in [3.05, 3.63) is 297 Å². The van der Waals surface area contributed by atoms with Gasteiger partial charge in [-0.15, -0.1) is 11.3 Å². The Morgan fingerprint density at radius 2 is 0.610 bits per heavy atom. The molecule has 3 heterocycles. The van der Waals surface area contributed by atoms with E-state index >= 15 is 0 Å². The topological polar surface area (TPSA) is 13.1 Å². The number of fused-ring (bicyclic) bond motifs is 15. The maximum absolute atomic E-state index is 2.49. The zero-order valence-electron chi connectivity index (χ0n) is 44.5. The molecule has 0 amide bonds. The fraction of sp³-hybridized carbons (Fsp3) is 0. The Bertz CT molecular complexity index is 5250. The van der Waals surface area contributed by atoms with Crippen LogP contribution in [0.25, 0.3) is 141 Å². The molecule has 14 aromatic carbocycles. The van der Waals surface area contributed by atoms with Gasteiger partial charge in [0.15, 0.2) is 0 Å². The molecule has 17 rings (SSSR count). The van der Waals surface area contributed by atoms with Crippen molar-refractivity contribution in [2.24, 2.45) is 0 Å². The Kier molecular flexibility index (Phi) is 10.5. The second-order valence-corrected chi connectivity index (χ2v) is 22.7. The fourth-order valence-corrected chi connectivity index (χ4v) is 14.4. The largest absolute Gasteiger partial charge is 0.310 e. The average Bonchev–Trinajstić information content (AvgIpc) is 4.00. The number of hydrogen-bond acceptors (Lipinski definition) is 2. The van der Waals surface area contributed by atoms with Crippen molar-refractivity contribution in [3.8, 4) is 44.8 Å². The highest BCUT2D eigenvalue weighted by Crippen LogP contribution is 2.47. The summed E-state index contributed by atoms with van der Waals surface area (Å²) < 4.78 is 7.54. The lowest BCUT2D eigenvalue weighted by atomic mass is 9.94. The summed E-state index contributed by atoms with van der Waals surface area (Å²) in [5.74, 6) is 0. The van der Waals surface area contributed by atoms with E-state index in [1.165, 1.54) is 113 Å². The standard InChI is InChI=1S/C78H49N3S/c1-4-17-50(18-5-1)53-33-41-71-67(45-53)68-46-54(51-19-6-2-7-20-51)34-42-72(68)81(71)59-39-44-74-70(49-59)69-47-55(35-43-73(69)80(74)58-38-40-64-62-25-11-10-23-60(62)61-24-12-13-26-63(61)66(64)48-58)52-31-36-57(37-32-52)79(56-21-8-3-9-22-56)75-28-16-30-77-78(75)65-27-14-15-29-76(65)82-77/h1-49H. The molecule has 0 saturated heterocycles. The Hall–Kier alpha value is -10.5. The van der Waals surface area contributed by atoms with Gasteiger partial charge in [-0.25, -0.2) is 0 Å². The van der Waals surface area contributed by atoms with E-state index in [-0.39, 0.29) is 0 Å². The van der Waals surface area contributed by atoms with Crippen LogP contribution < -0.4 is 4.90 Å². The van der Waals surface area contributed by atoms with Gasteiger partial charge in [-0.3, -0.25) is 0 Å². The molecule has 82 heavy (non-hydrogen) atoms. The zero-order valence-corrected chi connectivity index (χ0v) is 45.4. The van der Waals surface area contributed by atoms with Gasteiger partial charge in [0, 0.05) is 64.5 Å². The number of nitrogens with zero attached hydrogens (tertiary/aromatic N) is 3. The first-order chi connectivity index (χ1) is 40.7. The number of thiophene rings is 1. The number of rotatable bonds is 8. The van der Waals surface area contributed by atoms with Crippen LogP contribution >= 0.6 is 11.3 Å². The smallest absolute Gasteiger partial charge is 0.0554 e. The van der Waals surface area contributed by atoms with Crippen molar-refractivity contribution < 1.29 is 0 Å². The van der Waals surface area contributed by atoms with Crippen LogP contribution in [0.15, 0.2) is 297 Å². The Labute approximate surface area is 477 Å². The van der Waals surface area contributed by atoms with E-state index in [1.807, 2.05) is 11.3 Å². The highest BCUT2D eigenvalue weighted by atomic mass is 32.1. The molecule has 17 aromatic rings. The minimum absolute atomic E-state index is 1.11. The van der Waals surface area contributed by atoms with Gasteiger partial charge in [0.25, 0.3) is 0 Å². The summed E-state index contributed by atoms with van der Waals surface area (Å²) in [6, 6.07) is 110. The van der Waals surface area contributed by atoms with E-state index in [1.54, 1.807) is 0 Å². The number of anilines is 3. The second kappa shape index (κ2) is 18.5. The van der Waals surface area contributed by atoms with Crippen LogP contribution in [0, 0.1) is 0 Å². The summed E-state index contributed by atoms with van der Waals surface area (Å²) in [7, 11) is 0. The van der Waals surface area contributed by atoms with E-state index in [0.717, 1.165) is 44.9 Å². The molecular formula is C78H49N3S. The highest BCUT2D eigenvalue weighted by molar-refractivity contribution is 7.26. The maximum Gasteiger partial charge on any atom is 0.0554 e. The van der Waals surface area contributed by atoms with E-state index in [4.69, 9.17) is 0 Å². The van der Waals surface area contributed by atoms with Crippen LogP contribution in [-0.4, -0.2) is 9.13 Å². The lowest BCUT2D eigenvalue weighted by Crippen LogP contribution is -2.10. The van der Waals surface area contributed by atoms with Gasteiger partial charge in [-0.05, 0) is 175 Å². The third-order valence-corrected chi connectivity index (χ3v) is 18.2. The van der Waals surface area contributed by atoms with Crippen molar-refractivity contribution in [1.82, 2.24) is 9.13 Å². The molecule has 0 N–H and O–H groups in total. The molecule has 4 heteroatoms. The van der Waals surface area contributed by atoms with E-state index in [9.17, 15) is 0 Å².